The molecule has 1 aromatic heterocycles. The Morgan fingerprint density at radius 2 is 2.08 bits per heavy atom. The highest BCUT2D eigenvalue weighted by Gasteiger charge is 2.23. The third-order valence-corrected chi connectivity index (χ3v) is 4.96. The smallest absolute Gasteiger partial charge is 0.254 e. The molecule has 0 unspecified atom stereocenters. The first-order chi connectivity index (χ1) is 11.3. The van der Waals surface area contributed by atoms with Crippen molar-refractivity contribution in [1.29, 1.82) is 0 Å². The summed E-state index contributed by atoms with van der Waals surface area (Å²) in [4.78, 5) is 11.9. The first-order valence-electron chi connectivity index (χ1n) is 7.06. The van der Waals surface area contributed by atoms with Crippen LogP contribution in [0.4, 0.5) is 0 Å². The van der Waals surface area contributed by atoms with E-state index in [0.29, 0.717) is 5.82 Å². The van der Waals surface area contributed by atoms with E-state index in [-0.39, 0.29) is 16.2 Å². The third kappa shape index (κ3) is 3.54. The predicted molar refractivity (Wildman–Crippen MR) is 86.1 cm³/mol. The van der Waals surface area contributed by atoms with Gasteiger partial charge in [-0.2, -0.15) is 0 Å². The maximum atomic E-state index is 12.6. The van der Waals surface area contributed by atoms with Crippen molar-refractivity contribution < 1.29 is 17.9 Å². The minimum atomic E-state index is -3.86. The molecule has 1 amide bonds. The molecule has 0 aliphatic rings. The van der Waals surface area contributed by atoms with Crippen LogP contribution in [0, 0.1) is 0 Å². The van der Waals surface area contributed by atoms with Gasteiger partial charge in [-0.05, 0) is 25.1 Å². The molecule has 0 aliphatic heterocycles. The summed E-state index contributed by atoms with van der Waals surface area (Å²) in [6, 6.07) is 3.49. The minimum absolute atomic E-state index is 0.0454. The SMILES string of the molecule is CNC(=O)c1cc(S(=O)(=O)N[C@H](C)c2nncn2C)ccc1OC. The largest absolute Gasteiger partial charge is 0.496 e. The van der Waals surface area contributed by atoms with E-state index in [0.717, 1.165) is 0 Å². The van der Waals surface area contributed by atoms with Gasteiger partial charge in [-0.3, -0.25) is 4.79 Å². The molecule has 24 heavy (non-hydrogen) atoms. The maximum Gasteiger partial charge on any atom is 0.254 e. The molecule has 10 heteroatoms. The second-order valence-corrected chi connectivity index (χ2v) is 6.80. The minimum Gasteiger partial charge on any atom is -0.496 e. The van der Waals surface area contributed by atoms with Gasteiger partial charge in [0.05, 0.1) is 23.6 Å². The summed E-state index contributed by atoms with van der Waals surface area (Å²) in [5.41, 5.74) is 0.134. The highest BCUT2D eigenvalue weighted by molar-refractivity contribution is 7.89. The number of hydrogen-bond acceptors (Lipinski definition) is 6. The molecule has 0 fully saturated rings. The lowest BCUT2D eigenvalue weighted by molar-refractivity contribution is 0.0960. The van der Waals surface area contributed by atoms with Gasteiger partial charge in [0.1, 0.15) is 17.9 Å². The van der Waals surface area contributed by atoms with Crippen LogP contribution in [0.15, 0.2) is 29.4 Å². The maximum absolute atomic E-state index is 12.6. The molecule has 0 spiro atoms. The number of sulfonamides is 1. The van der Waals surface area contributed by atoms with Crippen molar-refractivity contribution in [1.82, 2.24) is 24.8 Å². The lowest BCUT2D eigenvalue weighted by atomic mass is 10.2. The van der Waals surface area contributed by atoms with Gasteiger partial charge in [0.2, 0.25) is 10.0 Å². The third-order valence-electron chi connectivity index (χ3n) is 3.42. The molecule has 0 saturated heterocycles. The Bertz CT molecular complexity index is 847. The number of aryl methyl sites for hydroxylation is 1. The van der Waals surface area contributed by atoms with Crippen molar-refractivity contribution in [3.63, 3.8) is 0 Å². The number of rotatable bonds is 6. The Hall–Kier alpha value is -2.46. The molecule has 9 nitrogen and oxygen atoms in total. The van der Waals surface area contributed by atoms with E-state index in [2.05, 4.69) is 20.2 Å². The number of hydrogen-bond donors (Lipinski definition) is 2. The number of nitrogens with one attached hydrogen (secondary N) is 2. The Kier molecular flexibility index (Phi) is 5.20. The average Bonchev–Trinajstić information content (AvgIpc) is 2.99. The first-order valence-corrected chi connectivity index (χ1v) is 8.54. The summed E-state index contributed by atoms with van der Waals surface area (Å²) in [5.74, 6) is 0.318. The van der Waals surface area contributed by atoms with Gasteiger partial charge in [0.15, 0.2) is 0 Å². The van der Waals surface area contributed by atoms with Crippen molar-refractivity contribution in [3.8, 4) is 5.75 Å². The van der Waals surface area contributed by atoms with Crippen LogP contribution in [0.25, 0.3) is 0 Å². The van der Waals surface area contributed by atoms with E-state index in [1.54, 1.807) is 18.5 Å². The van der Waals surface area contributed by atoms with Gasteiger partial charge in [-0.1, -0.05) is 0 Å². The number of ether oxygens (including phenoxy) is 1. The van der Waals surface area contributed by atoms with Crippen molar-refractivity contribution in [2.45, 2.75) is 17.9 Å². The van der Waals surface area contributed by atoms with Gasteiger partial charge in [-0.15, -0.1) is 10.2 Å². The van der Waals surface area contributed by atoms with Crippen LogP contribution in [-0.4, -0.2) is 43.2 Å². The predicted octanol–water partition coefficient (Wildman–Crippen LogP) is 0.223. The number of amides is 1. The molecule has 0 bridgehead atoms. The van der Waals surface area contributed by atoms with E-state index in [4.69, 9.17) is 4.74 Å². The zero-order valence-electron chi connectivity index (χ0n) is 13.8. The van der Waals surface area contributed by atoms with Crippen LogP contribution in [0.3, 0.4) is 0 Å². The van der Waals surface area contributed by atoms with Gasteiger partial charge in [0.25, 0.3) is 5.91 Å². The quantitative estimate of drug-likeness (QED) is 0.768. The second kappa shape index (κ2) is 6.97. The van der Waals surface area contributed by atoms with E-state index in [1.165, 1.54) is 38.7 Å². The summed E-state index contributed by atoms with van der Waals surface area (Å²) >= 11 is 0. The van der Waals surface area contributed by atoms with Gasteiger partial charge < -0.3 is 14.6 Å². The number of aromatic nitrogens is 3. The summed E-state index contributed by atoms with van der Waals surface area (Å²) in [6.07, 6.45) is 1.48. The Labute approximate surface area is 140 Å². The van der Waals surface area contributed by atoms with Crippen molar-refractivity contribution >= 4 is 15.9 Å². The Morgan fingerprint density at radius 1 is 1.38 bits per heavy atom. The molecule has 2 N–H and O–H groups in total. The summed E-state index contributed by atoms with van der Waals surface area (Å²) in [7, 11) is 0.724. The van der Waals surface area contributed by atoms with Gasteiger partial charge in [0, 0.05) is 14.1 Å². The van der Waals surface area contributed by atoms with Crippen LogP contribution >= 0.6 is 0 Å². The zero-order valence-corrected chi connectivity index (χ0v) is 14.6. The molecule has 0 saturated carbocycles. The molecule has 1 heterocycles. The fourth-order valence-electron chi connectivity index (χ4n) is 2.20. The molecule has 2 rings (SSSR count). The fraction of sp³-hybridized carbons (Fsp3) is 0.357. The molecular weight excluding hydrogens is 334 g/mol. The van der Waals surface area contributed by atoms with Gasteiger partial charge in [-0.25, -0.2) is 13.1 Å². The lowest BCUT2D eigenvalue weighted by Gasteiger charge is -2.15. The van der Waals surface area contributed by atoms with Crippen molar-refractivity contribution in [3.05, 3.63) is 35.9 Å². The number of carbonyl (C=O) groups is 1. The molecular formula is C14H19N5O4S. The number of nitrogens with zero attached hydrogens (tertiary/aromatic N) is 3. The molecule has 1 atom stereocenters. The fourth-order valence-corrected chi connectivity index (χ4v) is 3.43. The molecule has 0 radical (unpaired) electrons. The molecule has 2 aromatic rings. The molecule has 1 aromatic carbocycles. The van der Waals surface area contributed by atoms with E-state index in [1.807, 2.05) is 0 Å². The highest BCUT2D eigenvalue weighted by Crippen LogP contribution is 2.23. The van der Waals surface area contributed by atoms with Crippen molar-refractivity contribution in [2.24, 2.45) is 7.05 Å². The summed E-state index contributed by atoms with van der Waals surface area (Å²) in [6.45, 7) is 1.66. The Morgan fingerprint density at radius 3 is 2.62 bits per heavy atom. The highest BCUT2D eigenvalue weighted by atomic mass is 32.2. The standard InChI is InChI=1S/C14H19N5O4S/c1-9(13-17-16-8-19(13)3)18-24(21,22)10-5-6-12(23-4)11(7-10)14(20)15-2/h5-9,18H,1-4H3,(H,15,20)/t9-/m1/s1. The van der Waals surface area contributed by atoms with Crippen LogP contribution < -0.4 is 14.8 Å². The number of methoxy groups -OCH3 is 1. The lowest BCUT2D eigenvalue weighted by Crippen LogP contribution is -2.29. The topological polar surface area (TPSA) is 115 Å². The zero-order chi connectivity index (χ0) is 17.9. The van der Waals surface area contributed by atoms with E-state index >= 15 is 0 Å². The Balaban J connectivity index is 2.35. The molecule has 0 aliphatic carbocycles. The van der Waals surface area contributed by atoms with Crippen molar-refractivity contribution in [2.75, 3.05) is 14.2 Å². The summed E-state index contributed by atoms with van der Waals surface area (Å²) in [5, 5.41) is 10.1. The van der Waals surface area contributed by atoms with E-state index < -0.39 is 22.0 Å². The van der Waals surface area contributed by atoms with Gasteiger partial charge >= 0.3 is 0 Å². The monoisotopic (exact) mass is 353 g/mol. The van der Waals surface area contributed by atoms with Crippen LogP contribution in [0.5, 0.6) is 5.75 Å². The average molecular weight is 353 g/mol. The number of carbonyl (C=O) groups excluding carboxylic acids is 1. The number of benzene rings is 1. The summed E-state index contributed by atoms with van der Waals surface area (Å²) < 4.78 is 34.4. The normalized spacial score (nSPS) is 12.7. The van der Waals surface area contributed by atoms with E-state index in [9.17, 15) is 13.2 Å². The second-order valence-electron chi connectivity index (χ2n) is 5.08. The first kappa shape index (κ1) is 17.9. The van der Waals surface area contributed by atoms with Crippen LogP contribution in [0.2, 0.25) is 0 Å². The molecule has 130 valence electrons. The van der Waals surface area contributed by atoms with Crippen LogP contribution in [-0.2, 0) is 17.1 Å². The van der Waals surface area contributed by atoms with Crippen LogP contribution in [0.1, 0.15) is 29.1 Å².